The molecule has 8 nitrogen and oxygen atoms in total. The van der Waals surface area contributed by atoms with Crippen LogP contribution in [0.15, 0.2) is 41.4 Å². The van der Waals surface area contributed by atoms with E-state index in [0.29, 0.717) is 16.8 Å². The predicted molar refractivity (Wildman–Crippen MR) is 104 cm³/mol. The lowest BCUT2D eigenvalue weighted by molar-refractivity contribution is 0.101. The van der Waals surface area contributed by atoms with Gasteiger partial charge in [0.2, 0.25) is 10.0 Å². The Balaban J connectivity index is 1.99. The zero-order chi connectivity index (χ0) is 20.6. The monoisotopic (exact) mass is 400 g/mol. The molecule has 0 saturated heterocycles. The minimum atomic E-state index is -3.88. The van der Waals surface area contributed by atoms with Crippen LogP contribution in [-0.2, 0) is 17.1 Å². The maximum atomic E-state index is 12.9. The summed E-state index contributed by atoms with van der Waals surface area (Å²) in [6.45, 7) is 7.29. The number of amides is 1. The summed E-state index contributed by atoms with van der Waals surface area (Å²) in [7, 11) is -2.31. The number of carbonyl (C=O) groups excluding carboxylic acids is 1. The van der Waals surface area contributed by atoms with Gasteiger partial charge in [0.05, 0.1) is 17.7 Å². The van der Waals surface area contributed by atoms with E-state index in [1.807, 2.05) is 0 Å². The van der Waals surface area contributed by atoms with E-state index in [9.17, 15) is 13.2 Å². The van der Waals surface area contributed by atoms with Crippen molar-refractivity contribution in [1.82, 2.24) is 9.29 Å². The van der Waals surface area contributed by atoms with Crippen LogP contribution in [0.4, 0.5) is 5.69 Å². The molecule has 2 heterocycles. The van der Waals surface area contributed by atoms with Gasteiger partial charge >= 0.3 is 0 Å². The molecule has 0 fully saturated rings. The van der Waals surface area contributed by atoms with Gasteiger partial charge in [-0.25, -0.2) is 13.1 Å². The molecule has 0 aliphatic carbocycles. The van der Waals surface area contributed by atoms with Crippen LogP contribution in [0.25, 0.3) is 0 Å². The summed E-state index contributed by atoms with van der Waals surface area (Å²) in [6.07, 6.45) is 1.34. The van der Waals surface area contributed by atoms with Gasteiger partial charge in [0.1, 0.15) is 11.5 Å². The normalized spacial score (nSPS) is 17.6. The van der Waals surface area contributed by atoms with Gasteiger partial charge in [-0.3, -0.25) is 4.79 Å². The van der Waals surface area contributed by atoms with Crippen molar-refractivity contribution in [1.29, 1.82) is 5.26 Å². The first kappa shape index (κ1) is 19.7. The van der Waals surface area contributed by atoms with Gasteiger partial charge in [0.25, 0.3) is 5.91 Å². The topological polar surface area (TPSA) is 113 Å². The average Bonchev–Trinajstić information content (AvgIpc) is 2.90. The second-order valence-corrected chi connectivity index (χ2v) is 8.39. The molecule has 0 bridgehead atoms. The van der Waals surface area contributed by atoms with Gasteiger partial charge < -0.3 is 14.6 Å². The fraction of sp³-hybridized carbons (Fsp3) is 0.263. The molecule has 1 amide bonds. The predicted octanol–water partition coefficient (Wildman–Crippen LogP) is 2.07. The summed E-state index contributed by atoms with van der Waals surface area (Å²) in [4.78, 5) is 12.8. The number of hydrogen-bond acceptors (Lipinski definition) is 5. The minimum absolute atomic E-state index is 0.0103. The summed E-state index contributed by atoms with van der Waals surface area (Å²) >= 11 is 0. The standard InChI is InChI=1S/C19H20N4O4S/c1-11(2)15-10-27-18-16(28(25,26)22-15)9-23(4)17(18)19(24)21-14-6-5-12(3)13(7-14)8-20/h5-7,9,15,22H,1,10H2,2-4H3,(H,21,24). The minimum Gasteiger partial charge on any atom is -0.488 e. The molecule has 2 N–H and O–H groups in total. The summed E-state index contributed by atoms with van der Waals surface area (Å²) in [6, 6.07) is 6.43. The number of nitrogens with one attached hydrogen (secondary N) is 2. The van der Waals surface area contributed by atoms with Crippen molar-refractivity contribution in [2.75, 3.05) is 11.9 Å². The second-order valence-electron chi connectivity index (χ2n) is 6.71. The number of benzene rings is 1. The van der Waals surface area contributed by atoms with E-state index in [0.717, 1.165) is 5.56 Å². The molecular formula is C19H20N4O4S. The Morgan fingerprint density at radius 3 is 2.82 bits per heavy atom. The Kier molecular flexibility index (Phi) is 5.02. The fourth-order valence-corrected chi connectivity index (χ4v) is 4.34. The molecule has 1 atom stereocenters. The lowest BCUT2D eigenvalue weighted by Crippen LogP contribution is -2.37. The van der Waals surface area contributed by atoms with Gasteiger partial charge in [-0.2, -0.15) is 5.26 Å². The number of fused-ring (bicyclic) bond motifs is 1. The highest BCUT2D eigenvalue weighted by molar-refractivity contribution is 7.89. The molecule has 9 heteroatoms. The molecule has 0 radical (unpaired) electrons. The quantitative estimate of drug-likeness (QED) is 0.766. The molecule has 28 heavy (non-hydrogen) atoms. The van der Waals surface area contributed by atoms with E-state index in [-0.39, 0.29) is 22.9 Å². The molecule has 1 aliphatic heterocycles. The highest BCUT2D eigenvalue weighted by Crippen LogP contribution is 2.33. The lowest BCUT2D eigenvalue weighted by atomic mass is 10.1. The maximum Gasteiger partial charge on any atom is 0.276 e. The number of nitrogens with zero attached hydrogens (tertiary/aromatic N) is 2. The Morgan fingerprint density at radius 2 is 2.18 bits per heavy atom. The van der Waals surface area contributed by atoms with Gasteiger partial charge in [-0.05, 0) is 31.5 Å². The number of aromatic nitrogens is 1. The molecule has 146 valence electrons. The van der Waals surface area contributed by atoms with Gasteiger partial charge in [0.15, 0.2) is 11.4 Å². The van der Waals surface area contributed by atoms with E-state index in [2.05, 4.69) is 22.7 Å². The zero-order valence-electron chi connectivity index (χ0n) is 15.7. The lowest BCUT2D eigenvalue weighted by Gasteiger charge is -2.15. The number of carbonyl (C=O) groups is 1. The molecule has 3 rings (SSSR count). The highest BCUT2D eigenvalue weighted by Gasteiger charge is 2.34. The number of rotatable bonds is 3. The number of hydrogen-bond donors (Lipinski definition) is 2. The van der Waals surface area contributed by atoms with E-state index in [4.69, 9.17) is 10.00 Å². The largest absolute Gasteiger partial charge is 0.488 e. The molecule has 2 aromatic rings. The smallest absolute Gasteiger partial charge is 0.276 e. The van der Waals surface area contributed by atoms with Gasteiger partial charge in [0, 0.05) is 18.9 Å². The average molecular weight is 400 g/mol. The van der Waals surface area contributed by atoms with Crippen LogP contribution in [0, 0.1) is 18.3 Å². The Labute approximate surface area is 163 Å². The van der Waals surface area contributed by atoms with Crippen LogP contribution in [0.1, 0.15) is 28.5 Å². The molecular weight excluding hydrogens is 380 g/mol. The summed E-state index contributed by atoms with van der Waals surface area (Å²) in [5, 5.41) is 11.8. The Morgan fingerprint density at radius 1 is 1.46 bits per heavy atom. The molecule has 1 aromatic carbocycles. The molecule has 0 spiro atoms. The zero-order valence-corrected chi connectivity index (χ0v) is 16.6. The fourth-order valence-electron chi connectivity index (χ4n) is 2.87. The third-order valence-electron chi connectivity index (χ3n) is 4.51. The summed E-state index contributed by atoms with van der Waals surface area (Å²) in [5.74, 6) is -0.552. The van der Waals surface area contributed by atoms with Crippen molar-refractivity contribution in [2.24, 2.45) is 7.05 Å². The number of ether oxygens (including phenoxy) is 1. The van der Waals surface area contributed by atoms with Gasteiger partial charge in [-0.1, -0.05) is 18.2 Å². The number of nitriles is 1. The van der Waals surface area contributed by atoms with Gasteiger partial charge in [-0.15, -0.1) is 0 Å². The van der Waals surface area contributed by atoms with E-state index in [1.54, 1.807) is 39.1 Å². The first-order chi connectivity index (χ1) is 13.1. The third-order valence-corrected chi connectivity index (χ3v) is 5.97. The van der Waals surface area contributed by atoms with E-state index >= 15 is 0 Å². The van der Waals surface area contributed by atoms with E-state index < -0.39 is 22.0 Å². The molecule has 1 aliphatic rings. The van der Waals surface area contributed by atoms with Crippen molar-refractivity contribution < 1.29 is 17.9 Å². The highest BCUT2D eigenvalue weighted by atomic mass is 32.2. The summed E-state index contributed by atoms with van der Waals surface area (Å²) in [5.41, 5.74) is 2.33. The Bertz CT molecular complexity index is 1130. The number of anilines is 1. The van der Waals surface area contributed by atoms with Crippen LogP contribution < -0.4 is 14.8 Å². The first-order valence-electron chi connectivity index (χ1n) is 8.46. The van der Waals surface area contributed by atoms with Crippen molar-refractivity contribution in [3.63, 3.8) is 0 Å². The molecule has 1 unspecified atom stereocenters. The van der Waals surface area contributed by atoms with Crippen molar-refractivity contribution >= 4 is 21.6 Å². The van der Waals surface area contributed by atoms with E-state index in [1.165, 1.54) is 10.8 Å². The Hall–Kier alpha value is -3.09. The van der Waals surface area contributed by atoms with Crippen molar-refractivity contribution in [2.45, 2.75) is 24.8 Å². The maximum absolute atomic E-state index is 12.9. The summed E-state index contributed by atoms with van der Waals surface area (Å²) < 4.78 is 35.0. The van der Waals surface area contributed by atoms with Crippen LogP contribution >= 0.6 is 0 Å². The van der Waals surface area contributed by atoms with Crippen LogP contribution in [0.2, 0.25) is 0 Å². The van der Waals surface area contributed by atoms with Crippen molar-refractivity contribution in [3.05, 3.63) is 53.4 Å². The number of sulfonamides is 1. The SMILES string of the molecule is C=C(C)C1COc2c(cn(C)c2C(=O)Nc2ccc(C)c(C#N)c2)S(=O)(=O)N1. The van der Waals surface area contributed by atoms with Crippen LogP contribution in [-0.4, -0.2) is 31.5 Å². The first-order valence-corrected chi connectivity index (χ1v) is 9.94. The number of aryl methyl sites for hydroxylation is 2. The second kappa shape index (κ2) is 7.14. The van der Waals surface area contributed by atoms with Crippen LogP contribution in [0.3, 0.4) is 0 Å². The van der Waals surface area contributed by atoms with Crippen molar-refractivity contribution in [3.8, 4) is 11.8 Å². The third kappa shape index (κ3) is 3.52. The molecule has 0 saturated carbocycles. The molecule has 1 aromatic heterocycles. The van der Waals surface area contributed by atoms with Crippen LogP contribution in [0.5, 0.6) is 5.75 Å².